The van der Waals surface area contributed by atoms with Gasteiger partial charge in [0, 0.05) is 69.1 Å². The summed E-state index contributed by atoms with van der Waals surface area (Å²) in [4.78, 5) is 41.3. The van der Waals surface area contributed by atoms with Crippen LogP contribution in [0.5, 0.6) is 11.5 Å². The quantitative estimate of drug-likeness (QED) is 0.251. The van der Waals surface area contributed by atoms with Crippen LogP contribution in [0.4, 0.5) is 10.1 Å². The molecule has 10 nitrogen and oxygen atoms in total. The lowest BCUT2D eigenvalue weighted by atomic mass is 10.0. The zero-order chi connectivity index (χ0) is 33.1. The molecule has 11 heteroatoms. The third kappa shape index (κ3) is 8.40. The standard InChI is InChI=1S/C35H40FN5O5/c1-25-6-4-8-33(30(25)22-41(24-43)32(7-5-17-42)35(44)38-2)46-23-28-10-9-26(18-31(28)36)21-39-13-15-40(16-14-39)29-12-11-27(20-37)34(19-29)45-3/h4,6,8-12,17-19,24,32H,5,7,13-16,21-23H2,1-3H3,(H,38,44)/t32-/m0/s1. The van der Waals surface area contributed by atoms with Gasteiger partial charge >= 0.3 is 0 Å². The second-order valence-electron chi connectivity index (χ2n) is 11.2. The van der Waals surface area contributed by atoms with Crippen LogP contribution in [0.25, 0.3) is 0 Å². The first kappa shape index (κ1) is 33.9. The minimum absolute atomic E-state index is 0.0135. The monoisotopic (exact) mass is 629 g/mol. The van der Waals surface area contributed by atoms with Crippen LogP contribution in [0.1, 0.15) is 40.7 Å². The Kier molecular flexibility index (Phi) is 12.1. The molecule has 1 N–H and O–H groups in total. The van der Waals surface area contributed by atoms with Gasteiger partial charge in [0.2, 0.25) is 12.3 Å². The largest absolute Gasteiger partial charge is 0.495 e. The number of nitriles is 1. The highest BCUT2D eigenvalue weighted by Crippen LogP contribution is 2.28. The lowest BCUT2D eigenvalue weighted by molar-refractivity contribution is -0.133. The summed E-state index contributed by atoms with van der Waals surface area (Å²) in [6.45, 7) is 5.77. The van der Waals surface area contributed by atoms with E-state index >= 15 is 4.39 Å². The molecule has 1 aliphatic rings. The first-order chi connectivity index (χ1) is 22.3. The van der Waals surface area contributed by atoms with Gasteiger partial charge in [0.1, 0.15) is 42.3 Å². The topological polar surface area (TPSA) is 115 Å². The fourth-order valence-electron chi connectivity index (χ4n) is 5.61. The molecule has 1 atom stereocenters. The average Bonchev–Trinajstić information content (AvgIpc) is 3.08. The number of anilines is 1. The summed E-state index contributed by atoms with van der Waals surface area (Å²) in [7, 11) is 3.04. The normalized spacial score (nSPS) is 13.8. The number of aryl methyl sites for hydroxylation is 1. The molecule has 0 unspecified atom stereocenters. The van der Waals surface area contributed by atoms with Crippen molar-refractivity contribution in [2.75, 3.05) is 45.2 Å². The SMILES string of the molecule is CNC(=O)[C@H](CCC=O)N(C=O)Cc1c(C)cccc1OCc1ccc(CN2CCN(c3ccc(C#N)c(OC)c3)CC2)cc1F. The Hall–Kier alpha value is -4.95. The molecule has 3 aromatic carbocycles. The van der Waals surface area contributed by atoms with E-state index in [1.807, 2.05) is 37.3 Å². The highest BCUT2D eigenvalue weighted by Gasteiger charge is 2.25. The molecular formula is C35H40FN5O5. The maximum Gasteiger partial charge on any atom is 0.242 e. The Morgan fingerprint density at radius 1 is 1.11 bits per heavy atom. The van der Waals surface area contributed by atoms with Gasteiger partial charge in [0.05, 0.1) is 19.2 Å². The first-order valence-corrected chi connectivity index (χ1v) is 15.2. The van der Waals surface area contributed by atoms with Gasteiger partial charge in [-0.1, -0.05) is 24.3 Å². The van der Waals surface area contributed by atoms with E-state index < -0.39 is 6.04 Å². The van der Waals surface area contributed by atoms with Crippen LogP contribution in [-0.2, 0) is 34.1 Å². The number of rotatable bonds is 15. The number of likely N-dealkylation sites (N-methyl/N-ethyl adjacent to an activating group) is 1. The number of nitrogens with one attached hydrogen (secondary N) is 1. The number of piperazine rings is 1. The van der Waals surface area contributed by atoms with Gasteiger partial charge in [-0.2, -0.15) is 5.26 Å². The predicted molar refractivity (Wildman–Crippen MR) is 172 cm³/mol. The van der Waals surface area contributed by atoms with Gasteiger partial charge in [-0.25, -0.2) is 4.39 Å². The van der Waals surface area contributed by atoms with Crippen LogP contribution >= 0.6 is 0 Å². The van der Waals surface area contributed by atoms with Crippen molar-refractivity contribution in [2.45, 2.75) is 45.5 Å². The lowest BCUT2D eigenvalue weighted by Crippen LogP contribution is -2.46. The summed E-state index contributed by atoms with van der Waals surface area (Å²) in [5, 5.41) is 11.8. The Bertz CT molecular complexity index is 1570. The Morgan fingerprint density at radius 2 is 1.89 bits per heavy atom. The van der Waals surface area contributed by atoms with Gasteiger partial charge in [0.25, 0.3) is 0 Å². The van der Waals surface area contributed by atoms with Crippen molar-refractivity contribution >= 4 is 24.3 Å². The molecule has 1 fully saturated rings. The van der Waals surface area contributed by atoms with E-state index in [-0.39, 0.29) is 37.7 Å². The molecule has 0 radical (unpaired) electrons. The summed E-state index contributed by atoms with van der Waals surface area (Å²) >= 11 is 0. The fraction of sp³-hybridized carbons (Fsp3) is 0.371. The second-order valence-corrected chi connectivity index (χ2v) is 11.2. The highest BCUT2D eigenvalue weighted by atomic mass is 19.1. The van der Waals surface area contributed by atoms with Crippen molar-refractivity contribution in [1.29, 1.82) is 5.26 Å². The zero-order valence-corrected chi connectivity index (χ0v) is 26.5. The molecule has 4 rings (SSSR count). The van der Waals surface area contributed by atoms with Gasteiger partial charge in [0.15, 0.2) is 0 Å². The number of nitrogens with zero attached hydrogens (tertiary/aromatic N) is 4. The van der Waals surface area contributed by atoms with Crippen molar-refractivity contribution in [1.82, 2.24) is 15.1 Å². The summed E-state index contributed by atoms with van der Waals surface area (Å²) < 4.78 is 26.7. The third-order valence-corrected chi connectivity index (χ3v) is 8.30. The second kappa shape index (κ2) is 16.4. The number of halogens is 1. The number of aldehydes is 1. The molecule has 242 valence electrons. The van der Waals surface area contributed by atoms with Crippen LogP contribution in [0, 0.1) is 24.1 Å². The average molecular weight is 630 g/mol. The minimum atomic E-state index is -0.812. The van der Waals surface area contributed by atoms with Crippen LogP contribution in [0.3, 0.4) is 0 Å². The van der Waals surface area contributed by atoms with E-state index in [0.29, 0.717) is 41.1 Å². The van der Waals surface area contributed by atoms with E-state index in [2.05, 4.69) is 21.2 Å². The Labute approximate surface area is 269 Å². The summed E-state index contributed by atoms with van der Waals surface area (Å²) in [5.74, 6) is 0.322. The van der Waals surface area contributed by atoms with E-state index in [9.17, 15) is 19.6 Å². The summed E-state index contributed by atoms with van der Waals surface area (Å²) in [5.41, 5.74) is 4.32. The molecule has 1 heterocycles. The maximum atomic E-state index is 15.3. The number of carbonyl (C=O) groups is 3. The molecular weight excluding hydrogens is 589 g/mol. The van der Waals surface area contributed by atoms with E-state index in [1.54, 1.807) is 31.4 Å². The van der Waals surface area contributed by atoms with E-state index in [1.165, 1.54) is 11.9 Å². The Balaban J connectivity index is 1.37. The number of benzene rings is 3. The van der Waals surface area contributed by atoms with E-state index in [4.69, 9.17) is 9.47 Å². The van der Waals surface area contributed by atoms with E-state index in [0.717, 1.165) is 49.3 Å². The minimum Gasteiger partial charge on any atom is -0.495 e. The highest BCUT2D eigenvalue weighted by molar-refractivity contribution is 5.83. The number of hydrogen-bond acceptors (Lipinski definition) is 8. The van der Waals surface area contributed by atoms with Crippen molar-refractivity contribution in [3.8, 4) is 17.6 Å². The summed E-state index contributed by atoms with van der Waals surface area (Å²) in [6, 6.07) is 17.6. The van der Waals surface area contributed by atoms with Gasteiger partial charge in [-0.3, -0.25) is 14.5 Å². The molecule has 46 heavy (non-hydrogen) atoms. The first-order valence-electron chi connectivity index (χ1n) is 15.2. The molecule has 1 aliphatic heterocycles. The summed E-state index contributed by atoms with van der Waals surface area (Å²) in [6.07, 6.45) is 1.66. The molecule has 0 saturated carbocycles. The van der Waals surface area contributed by atoms with Crippen molar-refractivity contribution < 1.29 is 28.2 Å². The van der Waals surface area contributed by atoms with Crippen LogP contribution in [0.2, 0.25) is 0 Å². The Morgan fingerprint density at radius 3 is 2.54 bits per heavy atom. The molecule has 3 aromatic rings. The number of amides is 2. The van der Waals surface area contributed by atoms with Gasteiger partial charge < -0.3 is 29.4 Å². The van der Waals surface area contributed by atoms with Crippen LogP contribution in [0.15, 0.2) is 54.6 Å². The molecule has 1 saturated heterocycles. The van der Waals surface area contributed by atoms with Crippen molar-refractivity contribution in [3.05, 3.63) is 88.2 Å². The van der Waals surface area contributed by atoms with Crippen molar-refractivity contribution in [3.63, 3.8) is 0 Å². The molecule has 0 spiro atoms. The molecule has 0 aromatic heterocycles. The zero-order valence-electron chi connectivity index (χ0n) is 26.5. The predicted octanol–water partition coefficient (Wildman–Crippen LogP) is 3.97. The maximum absolute atomic E-state index is 15.3. The molecule has 0 bridgehead atoms. The fourth-order valence-corrected chi connectivity index (χ4v) is 5.61. The molecule has 2 amide bonds. The lowest BCUT2D eigenvalue weighted by Gasteiger charge is -2.36. The van der Waals surface area contributed by atoms with Crippen LogP contribution in [-0.4, -0.2) is 74.8 Å². The number of methoxy groups -OCH3 is 1. The third-order valence-electron chi connectivity index (χ3n) is 8.30. The van der Waals surface area contributed by atoms with Crippen molar-refractivity contribution in [2.24, 2.45) is 0 Å². The van der Waals surface area contributed by atoms with Gasteiger partial charge in [-0.05, 0) is 48.7 Å². The molecule has 0 aliphatic carbocycles. The van der Waals surface area contributed by atoms with Gasteiger partial charge in [-0.15, -0.1) is 0 Å². The number of carbonyl (C=O) groups excluding carboxylic acids is 3. The number of hydrogen-bond donors (Lipinski definition) is 1. The smallest absolute Gasteiger partial charge is 0.242 e. The van der Waals surface area contributed by atoms with Crippen LogP contribution < -0.4 is 19.7 Å². The number of ether oxygens (including phenoxy) is 2.